The van der Waals surface area contributed by atoms with Gasteiger partial charge in [0.05, 0.1) is 0 Å². The van der Waals surface area contributed by atoms with Gasteiger partial charge in [0.15, 0.2) is 5.96 Å². The van der Waals surface area contributed by atoms with Crippen molar-refractivity contribution in [2.24, 2.45) is 10.4 Å². The molecule has 1 aromatic carbocycles. The van der Waals surface area contributed by atoms with E-state index in [4.69, 9.17) is 0 Å². The Morgan fingerprint density at radius 2 is 1.79 bits per heavy atom. The second kappa shape index (κ2) is 11.0. The molecule has 1 aliphatic heterocycles. The van der Waals surface area contributed by atoms with Crippen molar-refractivity contribution in [2.75, 3.05) is 20.1 Å². The van der Waals surface area contributed by atoms with Crippen LogP contribution < -0.4 is 10.6 Å². The molecule has 1 heterocycles. The molecule has 0 aromatic heterocycles. The van der Waals surface area contributed by atoms with Crippen molar-refractivity contribution in [3.8, 4) is 0 Å². The topological polar surface area (TPSA) is 56.7 Å². The molecule has 1 amide bonds. The van der Waals surface area contributed by atoms with Crippen LogP contribution >= 0.6 is 24.0 Å². The fraction of sp³-hybridized carbons (Fsp3) is 0.636. The number of guanidine groups is 1. The average Bonchev–Trinajstić information content (AvgIpc) is 3.33. The smallest absolute Gasteiger partial charge is 0.222 e. The Morgan fingerprint density at radius 3 is 2.36 bits per heavy atom. The van der Waals surface area contributed by atoms with Gasteiger partial charge in [0, 0.05) is 39.6 Å². The molecular formula is C22H35IN4O. The van der Waals surface area contributed by atoms with Crippen molar-refractivity contribution in [3.05, 3.63) is 35.4 Å². The largest absolute Gasteiger partial charge is 0.356 e. The molecule has 1 saturated heterocycles. The Labute approximate surface area is 186 Å². The van der Waals surface area contributed by atoms with Gasteiger partial charge >= 0.3 is 0 Å². The van der Waals surface area contributed by atoms with Gasteiger partial charge in [-0.1, -0.05) is 44.0 Å². The molecule has 0 atom stereocenters. The predicted octanol–water partition coefficient (Wildman–Crippen LogP) is 4.06. The number of hydrogen-bond acceptors (Lipinski definition) is 2. The quantitative estimate of drug-likeness (QED) is 0.339. The number of carbonyl (C=O) groups excluding carboxylic acids is 1. The first kappa shape index (κ1) is 23.0. The molecule has 3 rings (SSSR count). The molecule has 28 heavy (non-hydrogen) atoms. The second-order valence-electron chi connectivity index (χ2n) is 8.08. The minimum atomic E-state index is 0. The number of aliphatic imine (C=N–C) groups is 1. The summed E-state index contributed by atoms with van der Waals surface area (Å²) in [6.07, 6.45) is 8.30. The number of carbonyl (C=O) groups is 1. The maximum atomic E-state index is 11.8. The van der Waals surface area contributed by atoms with Crippen molar-refractivity contribution in [1.82, 2.24) is 15.5 Å². The fourth-order valence-corrected chi connectivity index (χ4v) is 4.31. The second-order valence-corrected chi connectivity index (χ2v) is 8.08. The van der Waals surface area contributed by atoms with Crippen LogP contribution in [0.15, 0.2) is 29.3 Å². The number of amides is 1. The number of nitrogens with one attached hydrogen (secondary N) is 2. The van der Waals surface area contributed by atoms with Gasteiger partial charge in [0.2, 0.25) is 5.91 Å². The van der Waals surface area contributed by atoms with Crippen molar-refractivity contribution < 1.29 is 4.79 Å². The first-order valence-electron chi connectivity index (χ1n) is 10.4. The van der Waals surface area contributed by atoms with Crippen LogP contribution in [0.3, 0.4) is 0 Å². The Hall–Kier alpha value is -1.31. The van der Waals surface area contributed by atoms with Gasteiger partial charge in [-0.2, -0.15) is 0 Å². The fourth-order valence-electron chi connectivity index (χ4n) is 4.31. The molecule has 2 aliphatic rings. The van der Waals surface area contributed by atoms with Crippen molar-refractivity contribution >= 4 is 35.8 Å². The Kier molecular flexibility index (Phi) is 9.05. The van der Waals surface area contributed by atoms with Crippen molar-refractivity contribution in [3.63, 3.8) is 0 Å². The highest BCUT2D eigenvalue weighted by Crippen LogP contribution is 2.40. The maximum absolute atomic E-state index is 11.8. The van der Waals surface area contributed by atoms with Gasteiger partial charge in [-0.3, -0.25) is 9.79 Å². The zero-order chi connectivity index (χ0) is 19.1. The summed E-state index contributed by atoms with van der Waals surface area (Å²) in [6, 6.07) is 8.54. The third-order valence-electron chi connectivity index (χ3n) is 6.30. The zero-order valence-corrected chi connectivity index (χ0v) is 19.6. The molecule has 1 aromatic rings. The highest BCUT2D eigenvalue weighted by Gasteiger charge is 2.31. The average molecular weight is 498 g/mol. The van der Waals surface area contributed by atoms with Gasteiger partial charge in [0.1, 0.15) is 0 Å². The molecule has 6 heteroatoms. The SMILES string of the molecule is CCC1(CNC(=NC)NCc2ccc(CN3CCCC3=O)cc2)CCCC1.I. The highest BCUT2D eigenvalue weighted by atomic mass is 127. The summed E-state index contributed by atoms with van der Waals surface area (Å²) in [4.78, 5) is 18.1. The van der Waals surface area contributed by atoms with Crippen LogP contribution in [0, 0.1) is 5.41 Å². The van der Waals surface area contributed by atoms with Gasteiger partial charge in [-0.15, -0.1) is 24.0 Å². The molecule has 0 spiro atoms. The van der Waals surface area contributed by atoms with E-state index in [0.29, 0.717) is 11.8 Å². The molecule has 2 fully saturated rings. The molecule has 2 N–H and O–H groups in total. The number of likely N-dealkylation sites (tertiary alicyclic amines) is 1. The van der Waals surface area contributed by atoms with Crippen molar-refractivity contribution in [2.45, 2.75) is 65.0 Å². The molecule has 0 bridgehead atoms. The summed E-state index contributed by atoms with van der Waals surface area (Å²) < 4.78 is 0. The highest BCUT2D eigenvalue weighted by molar-refractivity contribution is 14.0. The monoisotopic (exact) mass is 498 g/mol. The molecule has 0 unspecified atom stereocenters. The van der Waals surface area contributed by atoms with Crippen LogP contribution in [0.1, 0.15) is 63.0 Å². The lowest BCUT2D eigenvalue weighted by molar-refractivity contribution is -0.128. The Morgan fingerprint density at radius 1 is 1.11 bits per heavy atom. The lowest BCUT2D eigenvalue weighted by Crippen LogP contribution is -2.42. The zero-order valence-electron chi connectivity index (χ0n) is 17.3. The van der Waals surface area contributed by atoms with Crippen LogP contribution in [0.4, 0.5) is 0 Å². The van der Waals surface area contributed by atoms with Crippen molar-refractivity contribution in [1.29, 1.82) is 0 Å². The molecule has 1 aliphatic carbocycles. The number of benzene rings is 1. The minimum absolute atomic E-state index is 0. The van der Waals surface area contributed by atoms with E-state index in [-0.39, 0.29) is 29.9 Å². The number of hydrogen-bond donors (Lipinski definition) is 2. The maximum Gasteiger partial charge on any atom is 0.222 e. The molecule has 1 saturated carbocycles. The van der Waals surface area contributed by atoms with Crippen LogP contribution in [0.5, 0.6) is 0 Å². The predicted molar refractivity (Wildman–Crippen MR) is 126 cm³/mol. The van der Waals surface area contributed by atoms with Crippen LogP contribution in [0.2, 0.25) is 0 Å². The van der Waals surface area contributed by atoms with Crippen LogP contribution in [-0.4, -0.2) is 36.9 Å². The first-order chi connectivity index (χ1) is 13.1. The van der Waals surface area contributed by atoms with Gasteiger partial charge in [-0.25, -0.2) is 0 Å². The van der Waals surface area contributed by atoms with Gasteiger partial charge in [0.25, 0.3) is 0 Å². The van der Waals surface area contributed by atoms with E-state index in [1.165, 1.54) is 43.2 Å². The third-order valence-corrected chi connectivity index (χ3v) is 6.30. The minimum Gasteiger partial charge on any atom is -0.356 e. The number of nitrogens with zero attached hydrogens (tertiary/aromatic N) is 2. The summed E-state index contributed by atoms with van der Waals surface area (Å²) in [6.45, 7) is 5.69. The summed E-state index contributed by atoms with van der Waals surface area (Å²) >= 11 is 0. The van der Waals surface area contributed by atoms with E-state index >= 15 is 0 Å². The summed E-state index contributed by atoms with van der Waals surface area (Å²) in [5.74, 6) is 1.16. The van der Waals surface area contributed by atoms with E-state index in [1.54, 1.807) is 0 Å². The standard InChI is InChI=1S/C22H34N4O.HI/c1-3-22(12-4-5-13-22)17-25-21(23-2)24-15-18-8-10-19(11-9-18)16-26-14-6-7-20(26)27;/h8-11H,3-7,12-17H2,1-2H3,(H2,23,24,25);1H. The third kappa shape index (κ3) is 6.09. The molecule has 5 nitrogen and oxygen atoms in total. The van der Waals surface area contributed by atoms with E-state index in [9.17, 15) is 4.79 Å². The molecular weight excluding hydrogens is 463 g/mol. The van der Waals surface area contributed by atoms with E-state index in [2.05, 4.69) is 46.8 Å². The van der Waals surface area contributed by atoms with E-state index < -0.39 is 0 Å². The summed E-state index contributed by atoms with van der Waals surface area (Å²) in [7, 11) is 1.83. The van der Waals surface area contributed by atoms with Gasteiger partial charge in [-0.05, 0) is 42.2 Å². The molecule has 0 radical (unpaired) electrons. The number of rotatable bonds is 7. The van der Waals surface area contributed by atoms with E-state index in [1.807, 2.05) is 11.9 Å². The summed E-state index contributed by atoms with van der Waals surface area (Å²) in [5, 5.41) is 6.96. The Bertz CT molecular complexity index is 653. The first-order valence-corrected chi connectivity index (χ1v) is 10.4. The molecule has 156 valence electrons. The van der Waals surface area contributed by atoms with Gasteiger partial charge < -0.3 is 15.5 Å². The van der Waals surface area contributed by atoms with Crippen LogP contribution in [0.25, 0.3) is 0 Å². The normalized spacial score (nSPS) is 18.9. The summed E-state index contributed by atoms with van der Waals surface area (Å²) in [5.41, 5.74) is 2.87. The Balaban J connectivity index is 0.00000280. The number of halogens is 1. The lowest BCUT2D eigenvalue weighted by atomic mass is 9.83. The van der Waals surface area contributed by atoms with Crippen LogP contribution in [-0.2, 0) is 17.9 Å². The van der Waals surface area contributed by atoms with E-state index in [0.717, 1.165) is 38.6 Å². The lowest BCUT2D eigenvalue weighted by Gasteiger charge is -2.28.